The van der Waals surface area contributed by atoms with Crippen LogP contribution in [0.15, 0.2) is 48.0 Å². The quantitative estimate of drug-likeness (QED) is 0.180. The lowest BCUT2D eigenvalue weighted by Gasteiger charge is -2.21. The second kappa shape index (κ2) is 12.7. The molecule has 204 valence electrons. The van der Waals surface area contributed by atoms with Gasteiger partial charge in [-0.3, -0.25) is 4.98 Å². The number of carbonyl (C=O) groups is 1. The number of halogens is 1. The van der Waals surface area contributed by atoms with Crippen LogP contribution in [0, 0.1) is 11.7 Å². The predicted octanol–water partition coefficient (Wildman–Crippen LogP) is 7.66. The molecule has 4 aromatic rings. The number of anilines is 2. The maximum absolute atomic E-state index is 14.9. The van der Waals surface area contributed by atoms with Crippen LogP contribution in [-0.2, 0) is 11.2 Å². The Morgan fingerprint density at radius 2 is 2.03 bits per heavy atom. The second-order valence-electron chi connectivity index (χ2n) is 9.51. The van der Waals surface area contributed by atoms with Gasteiger partial charge >= 0.3 is 5.97 Å². The van der Waals surface area contributed by atoms with Crippen molar-refractivity contribution in [2.24, 2.45) is 5.92 Å². The van der Waals surface area contributed by atoms with E-state index in [0.717, 1.165) is 29.0 Å². The van der Waals surface area contributed by atoms with E-state index in [1.54, 1.807) is 19.2 Å². The zero-order valence-electron chi connectivity index (χ0n) is 21.6. The number of aromatic nitrogens is 2. The first-order chi connectivity index (χ1) is 19.0. The van der Waals surface area contributed by atoms with Crippen molar-refractivity contribution in [3.05, 3.63) is 64.2 Å². The molecule has 0 unspecified atom stereocenters. The lowest BCUT2D eigenvalue weighted by atomic mass is 9.86. The maximum atomic E-state index is 14.9. The standard InChI is InChI=1S/C29H30FN3O4S2/c1-36-11-12-37-24-10-9-19(15-21(24)30)27-26(14-18-6-3-2-4-7-18)39-29(33-27)32-23-17-31-22(16-20(23)28(34)35)25-8-5-13-38-25/h5,8-10,13,15-18H,2-4,6-7,11-12,14H2,1H3,(H,32,33)(H,34,35). The van der Waals surface area contributed by atoms with Gasteiger partial charge in [-0.1, -0.05) is 38.2 Å². The molecule has 1 fully saturated rings. The van der Waals surface area contributed by atoms with Crippen LogP contribution in [0.1, 0.15) is 47.3 Å². The number of nitrogens with one attached hydrogen (secondary N) is 1. The Morgan fingerprint density at radius 3 is 2.74 bits per heavy atom. The van der Waals surface area contributed by atoms with Gasteiger partial charge in [-0.15, -0.1) is 22.7 Å². The van der Waals surface area contributed by atoms with Gasteiger partial charge in [0, 0.05) is 17.6 Å². The van der Waals surface area contributed by atoms with E-state index in [1.165, 1.54) is 54.2 Å². The molecule has 0 bridgehead atoms. The predicted molar refractivity (Wildman–Crippen MR) is 153 cm³/mol. The summed E-state index contributed by atoms with van der Waals surface area (Å²) in [6.07, 6.45) is 8.42. The summed E-state index contributed by atoms with van der Waals surface area (Å²) in [5.74, 6) is -0.797. The van der Waals surface area contributed by atoms with Crippen LogP contribution in [0.4, 0.5) is 15.2 Å². The summed E-state index contributed by atoms with van der Waals surface area (Å²) in [7, 11) is 1.57. The summed E-state index contributed by atoms with van der Waals surface area (Å²) in [6.45, 7) is 0.630. The van der Waals surface area contributed by atoms with E-state index < -0.39 is 11.8 Å². The van der Waals surface area contributed by atoms with Crippen LogP contribution in [0.5, 0.6) is 5.75 Å². The molecular formula is C29H30FN3O4S2. The van der Waals surface area contributed by atoms with Gasteiger partial charge in [0.15, 0.2) is 16.7 Å². The van der Waals surface area contributed by atoms with Gasteiger partial charge in [0.2, 0.25) is 0 Å². The van der Waals surface area contributed by atoms with Crippen LogP contribution in [0.25, 0.3) is 21.8 Å². The van der Waals surface area contributed by atoms with Gasteiger partial charge < -0.3 is 19.9 Å². The van der Waals surface area contributed by atoms with Crippen LogP contribution in [0.3, 0.4) is 0 Å². The van der Waals surface area contributed by atoms with Gasteiger partial charge in [-0.2, -0.15) is 0 Å². The fraction of sp³-hybridized carbons (Fsp3) is 0.345. The summed E-state index contributed by atoms with van der Waals surface area (Å²) in [5, 5.41) is 15.6. The summed E-state index contributed by atoms with van der Waals surface area (Å²) in [5.41, 5.74) is 2.44. The molecule has 0 spiro atoms. The third-order valence-electron chi connectivity index (χ3n) is 6.80. The number of nitrogens with zero attached hydrogens (tertiary/aromatic N) is 2. The van der Waals surface area contributed by atoms with Crippen molar-refractivity contribution in [1.29, 1.82) is 0 Å². The molecule has 0 atom stereocenters. The molecule has 0 radical (unpaired) electrons. The van der Waals surface area contributed by atoms with Crippen molar-refractivity contribution in [3.63, 3.8) is 0 Å². The fourth-order valence-corrected chi connectivity index (χ4v) is 6.63. The number of benzene rings is 1. The lowest BCUT2D eigenvalue weighted by molar-refractivity contribution is 0.0698. The number of hydrogen-bond donors (Lipinski definition) is 2. The SMILES string of the molecule is COCCOc1ccc(-c2nc(Nc3cnc(-c4cccs4)cc3C(=O)O)sc2CC2CCCCC2)cc1F. The molecule has 0 aliphatic heterocycles. The Balaban J connectivity index is 1.46. The Bertz CT molecular complexity index is 1420. The number of pyridine rings is 1. The molecule has 1 saturated carbocycles. The molecule has 7 nitrogen and oxygen atoms in total. The number of carboxylic acids is 1. The van der Waals surface area contributed by atoms with Crippen molar-refractivity contribution < 1.29 is 23.8 Å². The zero-order valence-corrected chi connectivity index (χ0v) is 23.2. The highest BCUT2D eigenvalue weighted by Crippen LogP contribution is 2.39. The Labute approximate surface area is 234 Å². The van der Waals surface area contributed by atoms with Gasteiger partial charge in [0.25, 0.3) is 0 Å². The first kappa shape index (κ1) is 27.2. The topological polar surface area (TPSA) is 93.6 Å². The van der Waals surface area contributed by atoms with E-state index in [1.807, 2.05) is 23.6 Å². The molecule has 5 rings (SSSR count). The monoisotopic (exact) mass is 567 g/mol. The van der Waals surface area contributed by atoms with Crippen LogP contribution in [0.2, 0.25) is 0 Å². The maximum Gasteiger partial charge on any atom is 0.337 e. The highest BCUT2D eigenvalue weighted by molar-refractivity contribution is 7.16. The normalized spacial score (nSPS) is 13.9. The minimum atomic E-state index is -1.05. The fourth-order valence-electron chi connectivity index (χ4n) is 4.83. The van der Waals surface area contributed by atoms with Gasteiger partial charge in [0.1, 0.15) is 6.61 Å². The molecule has 3 aromatic heterocycles. The van der Waals surface area contributed by atoms with E-state index in [9.17, 15) is 14.3 Å². The average Bonchev–Trinajstić information content (AvgIpc) is 3.61. The third kappa shape index (κ3) is 6.63. The molecule has 10 heteroatoms. The Kier molecular flexibility index (Phi) is 8.85. The van der Waals surface area contributed by atoms with Crippen LogP contribution >= 0.6 is 22.7 Å². The molecule has 2 N–H and O–H groups in total. The summed E-state index contributed by atoms with van der Waals surface area (Å²) >= 11 is 2.98. The summed E-state index contributed by atoms with van der Waals surface area (Å²) in [6, 6.07) is 10.3. The lowest BCUT2D eigenvalue weighted by Crippen LogP contribution is -2.09. The number of methoxy groups -OCH3 is 1. The molecule has 1 aliphatic carbocycles. The zero-order chi connectivity index (χ0) is 27.2. The van der Waals surface area contributed by atoms with E-state index in [4.69, 9.17) is 14.5 Å². The van der Waals surface area contributed by atoms with E-state index in [-0.39, 0.29) is 17.9 Å². The summed E-state index contributed by atoms with van der Waals surface area (Å²) < 4.78 is 25.4. The number of rotatable bonds is 11. The molecule has 0 saturated heterocycles. The Hall–Kier alpha value is -3.34. The smallest absolute Gasteiger partial charge is 0.337 e. The minimum Gasteiger partial charge on any atom is -0.488 e. The van der Waals surface area contributed by atoms with E-state index in [0.29, 0.717) is 40.3 Å². The highest BCUT2D eigenvalue weighted by atomic mass is 32.1. The number of aromatic carboxylic acids is 1. The van der Waals surface area contributed by atoms with Crippen LogP contribution < -0.4 is 10.1 Å². The molecule has 0 amide bonds. The number of carboxylic acid groups (broad SMARTS) is 1. The number of hydrogen-bond acceptors (Lipinski definition) is 8. The largest absolute Gasteiger partial charge is 0.488 e. The summed E-state index contributed by atoms with van der Waals surface area (Å²) in [4.78, 5) is 23.4. The highest BCUT2D eigenvalue weighted by Gasteiger charge is 2.22. The van der Waals surface area contributed by atoms with Crippen LogP contribution in [-0.4, -0.2) is 41.4 Å². The van der Waals surface area contributed by atoms with Gasteiger partial charge in [-0.05, 0) is 48.1 Å². The first-order valence-corrected chi connectivity index (χ1v) is 14.7. The number of thiophene rings is 1. The van der Waals surface area contributed by atoms with Crippen molar-refractivity contribution in [1.82, 2.24) is 9.97 Å². The van der Waals surface area contributed by atoms with Crippen molar-refractivity contribution >= 4 is 39.5 Å². The molecule has 1 aromatic carbocycles. The third-order valence-corrected chi connectivity index (χ3v) is 8.68. The second-order valence-corrected chi connectivity index (χ2v) is 11.5. The number of ether oxygens (including phenoxy) is 2. The molecular weight excluding hydrogens is 537 g/mol. The van der Waals surface area contributed by atoms with Crippen molar-refractivity contribution in [2.75, 3.05) is 25.6 Å². The average molecular weight is 568 g/mol. The Morgan fingerprint density at radius 1 is 1.18 bits per heavy atom. The van der Waals surface area contributed by atoms with Gasteiger partial charge in [0.05, 0.1) is 40.3 Å². The first-order valence-electron chi connectivity index (χ1n) is 13.0. The van der Waals surface area contributed by atoms with E-state index in [2.05, 4.69) is 10.3 Å². The van der Waals surface area contributed by atoms with Crippen molar-refractivity contribution in [3.8, 4) is 27.6 Å². The van der Waals surface area contributed by atoms with E-state index >= 15 is 0 Å². The molecule has 1 aliphatic rings. The molecule has 3 heterocycles. The van der Waals surface area contributed by atoms with Crippen molar-refractivity contribution in [2.45, 2.75) is 38.5 Å². The number of thiazole rings is 1. The minimum absolute atomic E-state index is 0.114. The molecule has 39 heavy (non-hydrogen) atoms. The van der Waals surface area contributed by atoms with Gasteiger partial charge in [-0.25, -0.2) is 14.2 Å².